The highest BCUT2D eigenvalue weighted by Gasteiger charge is 2.28. The second-order valence-electron chi connectivity index (χ2n) is 8.90. The molecule has 1 N–H and O–H groups in total. The summed E-state index contributed by atoms with van der Waals surface area (Å²) < 4.78 is 47.7. The smallest absolute Gasteiger partial charge is 0.343 e. The molecule has 0 unspecified atom stereocenters. The fraction of sp³-hybridized carbons (Fsp3) is 0.321. The van der Waals surface area contributed by atoms with Crippen LogP contribution in [0.4, 0.5) is 5.69 Å². The molecule has 192 valence electrons. The number of para-hydroxylation sites is 1. The van der Waals surface area contributed by atoms with Crippen LogP contribution in [0.3, 0.4) is 0 Å². The molecule has 3 aromatic carbocycles. The summed E-state index contributed by atoms with van der Waals surface area (Å²) in [5.74, 6) is -0.347. The number of esters is 1. The number of hydrogen-bond donors (Lipinski definition) is 1. The van der Waals surface area contributed by atoms with E-state index in [4.69, 9.17) is 4.74 Å². The lowest BCUT2D eigenvalue weighted by Gasteiger charge is -2.21. The van der Waals surface area contributed by atoms with Crippen LogP contribution in [0.2, 0.25) is 0 Å². The van der Waals surface area contributed by atoms with Crippen molar-refractivity contribution in [3.63, 3.8) is 0 Å². The van der Waals surface area contributed by atoms with Crippen LogP contribution in [0.1, 0.15) is 55.5 Å². The minimum absolute atomic E-state index is 0.130. The average molecular weight is 528 g/mol. The Bertz CT molecular complexity index is 1320. The molecule has 0 aromatic heterocycles. The Balaban J connectivity index is 1.84. The molecule has 3 rings (SSSR count). The first-order valence-corrected chi connectivity index (χ1v) is 15.8. The van der Waals surface area contributed by atoms with Crippen LogP contribution in [0, 0.1) is 6.92 Å². The Hall–Kier alpha value is -2.89. The molecule has 0 aliphatic carbocycles. The fourth-order valence-electron chi connectivity index (χ4n) is 3.86. The number of rotatable bonds is 12. The van der Waals surface area contributed by atoms with Gasteiger partial charge in [-0.3, -0.25) is 4.72 Å². The van der Waals surface area contributed by atoms with Crippen LogP contribution < -0.4 is 14.8 Å². The van der Waals surface area contributed by atoms with Crippen molar-refractivity contribution >= 4 is 34.1 Å². The van der Waals surface area contributed by atoms with Crippen LogP contribution in [-0.2, 0) is 14.6 Å². The molecule has 0 radical (unpaired) electrons. The van der Waals surface area contributed by atoms with Gasteiger partial charge in [0.1, 0.15) is 12.9 Å². The van der Waals surface area contributed by atoms with E-state index >= 15 is 0 Å². The van der Waals surface area contributed by atoms with Gasteiger partial charge < -0.3 is 9.30 Å². The Labute approximate surface area is 214 Å². The van der Waals surface area contributed by atoms with Crippen LogP contribution in [-0.4, -0.2) is 26.7 Å². The van der Waals surface area contributed by atoms with E-state index in [0.717, 1.165) is 31.2 Å². The van der Waals surface area contributed by atoms with E-state index in [1.807, 2.05) is 13.0 Å². The van der Waals surface area contributed by atoms with Gasteiger partial charge in [-0.05, 0) is 62.2 Å². The normalized spacial score (nSPS) is 11.8. The van der Waals surface area contributed by atoms with E-state index < -0.39 is 23.1 Å². The Morgan fingerprint density at radius 2 is 1.53 bits per heavy atom. The monoisotopic (exact) mass is 527 g/mol. The van der Waals surface area contributed by atoms with Crippen molar-refractivity contribution in [2.45, 2.75) is 51.3 Å². The maximum atomic E-state index is 14.0. The number of carbonyl (C=O) groups is 1. The molecule has 0 heterocycles. The standard InChI is InChI=1S/C28H34NO5PS/c1-4-6-19-35(31,20-7-5-2)27-14-9-8-13-26(27)34-28(30)23-11-10-12-24(21-23)29-36(32,33)25-17-15-22(3)16-18-25/h8-18,21,29H,4-7,19-20H2,1-3H3. The summed E-state index contributed by atoms with van der Waals surface area (Å²) in [4.78, 5) is 13.2. The number of benzene rings is 3. The van der Waals surface area contributed by atoms with Crippen molar-refractivity contribution in [2.24, 2.45) is 0 Å². The number of hydrogen-bond acceptors (Lipinski definition) is 5. The van der Waals surface area contributed by atoms with E-state index in [1.165, 1.54) is 18.2 Å². The minimum atomic E-state index is -3.81. The predicted octanol–water partition coefficient (Wildman–Crippen LogP) is 6.60. The van der Waals surface area contributed by atoms with Gasteiger partial charge in [-0.25, -0.2) is 13.2 Å². The Morgan fingerprint density at radius 1 is 0.889 bits per heavy atom. The molecule has 36 heavy (non-hydrogen) atoms. The third-order valence-corrected chi connectivity index (χ3v) is 10.7. The van der Waals surface area contributed by atoms with Crippen molar-refractivity contribution in [3.8, 4) is 5.75 Å². The maximum absolute atomic E-state index is 14.0. The van der Waals surface area contributed by atoms with Crippen LogP contribution in [0.5, 0.6) is 5.75 Å². The third kappa shape index (κ3) is 7.08. The first kappa shape index (κ1) is 27.7. The number of unbranched alkanes of at least 4 members (excludes halogenated alkanes) is 2. The van der Waals surface area contributed by atoms with E-state index in [9.17, 15) is 17.8 Å². The summed E-state index contributed by atoms with van der Waals surface area (Å²) in [6.45, 7) is 6.01. The molecule has 0 fully saturated rings. The second kappa shape index (κ2) is 12.4. The summed E-state index contributed by atoms with van der Waals surface area (Å²) >= 11 is 0. The van der Waals surface area contributed by atoms with Crippen molar-refractivity contribution < 1.29 is 22.5 Å². The maximum Gasteiger partial charge on any atom is 0.343 e. The molecule has 0 bridgehead atoms. The van der Waals surface area contributed by atoms with Gasteiger partial charge in [0.2, 0.25) is 0 Å². The van der Waals surface area contributed by atoms with Gasteiger partial charge in [0.25, 0.3) is 10.0 Å². The summed E-state index contributed by atoms with van der Waals surface area (Å²) in [5, 5.41) is 0.594. The summed E-state index contributed by atoms with van der Waals surface area (Å²) in [7, 11) is -6.55. The molecule has 6 nitrogen and oxygen atoms in total. The highest BCUT2D eigenvalue weighted by Crippen LogP contribution is 2.48. The number of anilines is 1. The molecule has 0 saturated carbocycles. The van der Waals surface area contributed by atoms with E-state index in [2.05, 4.69) is 18.6 Å². The van der Waals surface area contributed by atoms with Crippen LogP contribution >= 0.6 is 7.14 Å². The summed E-state index contributed by atoms with van der Waals surface area (Å²) in [5.41, 5.74) is 1.38. The Kier molecular flexibility index (Phi) is 9.52. The molecular formula is C28H34NO5PS. The van der Waals surface area contributed by atoms with Crippen molar-refractivity contribution in [1.82, 2.24) is 0 Å². The van der Waals surface area contributed by atoms with Gasteiger partial charge in [-0.15, -0.1) is 0 Å². The molecular weight excluding hydrogens is 493 g/mol. The second-order valence-corrected chi connectivity index (χ2v) is 13.7. The molecule has 3 aromatic rings. The number of carbonyl (C=O) groups excluding carboxylic acids is 1. The quantitative estimate of drug-likeness (QED) is 0.163. The SMILES string of the molecule is CCCCP(=O)(CCCC)c1ccccc1OC(=O)c1cccc(NS(=O)(=O)c2ccc(C)cc2)c1. The minimum Gasteiger partial charge on any atom is -0.422 e. The lowest BCUT2D eigenvalue weighted by molar-refractivity contribution is 0.0736. The first-order chi connectivity index (χ1) is 17.2. The number of aryl methyl sites for hydroxylation is 1. The summed E-state index contributed by atoms with van der Waals surface area (Å²) in [6.07, 6.45) is 4.70. The average Bonchev–Trinajstić information content (AvgIpc) is 2.86. The van der Waals surface area contributed by atoms with E-state index in [1.54, 1.807) is 48.5 Å². The molecule has 0 aliphatic rings. The summed E-state index contributed by atoms with van der Waals surface area (Å²) in [6, 6.07) is 19.7. The van der Waals surface area contributed by atoms with Gasteiger partial charge >= 0.3 is 5.97 Å². The van der Waals surface area contributed by atoms with Gasteiger partial charge in [0, 0.05) is 18.0 Å². The van der Waals surface area contributed by atoms with Crippen LogP contribution in [0.25, 0.3) is 0 Å². The number of ether oxygens (including phenoxy) is 1. The molecule has 0 saturated heterocycles. The Morgan fingerprint density at radius 3 is 2.17 bits per heavy atom. The van der Waals surface area contributed by atoms with Gasteiger partial charge in [0.15, 0.2) is 0 Å². The largest absolute Gasteiger partial charge is 0.422 e. The van der Waals surface area contributed by atoms with E-state index in [0.29, 0.717) is 23.4 Å². The van der Waals surface area contributed by atoms with Gasteiger partial charge in [-0.2, -0.15) is 0 Å². The van der Waals surface area contributed by atoms with Crippen molar-refractivity contribution in [3.05, 3.63) is 83.9 Å². The zero-order valence-corrected chi connectivity index (χ0v) is 22.8. The highest BCUT2D eigenvalue weighted by atomic mass is 32.2. The fourth-order valence-corrected chi connectivity index (χ4v) is 8.15. The predicted molar refractivity (Wildman–Crippen MR) is 147 cm³/mol. The zero-order chi connectivity index (χ0) is 26.2. The first-order valence-electron chi connectivity index (χ1n) is 12.3. The molecule has 8 heteroatoms. The molecule has 0 aliphatic heterocycles. The lowest BCUT2D eigenvalue weighted by atomic mass is 10.2. The van der Waals surface area contributed by atoms with Crippen LogP contribution in [0.15, 0.2) is 77.7 Å². The topological polar surface area (TPSA) is 89.5 Å². The lowest BCUT2D eigenvalue weighted by Crippen LogP contribution is -2.19. The van der Waals surface area contributed by atoms with E-state index in [-0.39, 0.29) is 16.1 Å². The van der Waals surface area contributed by atoms with Gasteiger partial charge in [0.05, 0.1) is 15.8 Å². The third-order valence-electron chi connectivity index (χ3n) is 5.93. The number of sulfonamides is 1. The molecule has 0 atom stereocenters. The van der Waals surface area contributed by atoms with Gasteiger partial charge in [-0.1, -0.05) is 62.6 Å². The molecule has 0 spiro atoms. The highest BCUT2D eigenvalue weighted by molar-refractivity contribution is 7.92. The van der Waals surface area contributed by atoms with Crippen molar-refractivity contribution in [2.75, 3.05) is 17.0 Å². The molecule has 0 amide bonds. The van der Waals surface area contributed by atoms with Crippen molar-refractivity contribution in [1.29, 1.82) is 0 Å². The zero-order valence-electron chi connectivity index (χ0n) is 21.1. The number of nitrogens with one attached hydrogen (secondary N) is 1.